The lowest BCUT2D eigenvalue weighted by Gasteiger charge is -2.31. The number of pyridine rings is 1. The Kier molecular flexibility index (Phi) is 7.97. The van der Waals surface area contributed by atoms with Crippen LogP contribution in [-0.2, 0) is 15.8 Å². The van der Waals surface area contributed by atoms with Crippen LogP contribution in [0.5, 0.6) is 11.5 Å². The van der Waals surface area contributed by atoms with Crippen LogP contribution < -0.4 is 26.3 Å². The second-order valence-electron chi connectivity index (χ2n) is 10.3. The number of halogens is 8. The first-order valence-electron chi connectivity index (χ1n) is 12.7. The number of nitrogen functional groups attached to an aromatic ring is 1. The maximum Gasteiger partial charge on any atom is 0.573 e. The fourth-order valence-corrected chi connectivity index (χ4v) is 5.61. The Morgan fingerprint density at radius 2 is 1.85 bits per heavy atom. The zero-order valence-electron chi connectivity index (χ0n) is 22.9. The molecule has 0 unspecified atom stereocenters. The van der Waals surface area contributed by atoms with Gasteiger partial charge in [-0.05, 0) is 43.3 Å². The molecule has 6 N–H and O–H groups in total. The summed E-state index contributed by atoms with van der Waals surface area (Å²) in [6.07, 6.45) is -10.8. The molecule has 0 saturated carbocycles. The zero-order chi connectivity index (χ0) is 34.0. The van der Waals surface area contributed by atoms with Gasteiger partial charge in [-0.1, -0.05) is 22.9 Å². The highest BCUT2D eigenvalue weighted by Crippen LogP contribution is 2.48. The molecule has 5 rings (SSSR count). The van der Waals surface area contributed by atoms with Gasteiger partial charge in [-0.15, -0.1) is 13.2 Å². The number of alkyl halides is 6. The van der Waals surface area contributed by atoms with Crippen LogP contribution in [0.25, 0.3) is 21.5 Å². The van der Waals surface area contributed by atoms with Gasteiger partial charge in [-0.3, -0.25) is 9.59 Å². The van der Waals surface area contributed by atoms with Gasteiger partial charge < -0.3 is 31.4 Å². The number of nitrogens with one attached hydrogen (secondary N) is 1. The van der Waals surface area contributed by atoms with Gasteiger partial charge in [0.1, 0.15) is 34.8 Å². The maximum atomic E-state index is 14.7. The standard InChI is InChI=1S/C27H19ClF7N5O5S/c1-24(22(36)42)9-44-20-12(24)7-17(39-18(20)10-2-3-14(29)13(28)4-10)25(43,26(30,31)32)8-38-21(41)11-5-15(45-27(33,34)35)19-16(6-11)46-23(37)40-19/h2-7,43H,8-9H2,1H3,(H2,36,42)(H2,37,40)(H,38,41)/t24-,25-/m0/s1. The van der Waals surface area contributed by atoms with Gasteiger partial charge in [-0.25, -0.2) is 14.4 Å². The van der Waals surface area contributed by atoms with Crippen LogP contribution in [-0.4, -0.2) is 52.6 Å². The van der Waals surface area contributed by atoms with Crippen molar-refractivity contribution in [2.75, 3.05) is 18.9 Å². The Hall–Kier alpha value is -4.42. The average Bonchev–Trinajstić information content (AvgIpc) is 3.51. The quantitative estimate of drug-likeness (QED) is 0.198. The summed E-state index contributed by atoms with van der Waals surface area (Å²) in [4.78, 5) is 33.1. The number of primary amides is 1. The molecule has 2 amide bonds. The number of carbonyl (C=O) groups excluding carboxylic acids is 2. The summed E-state index contributed by atoms with van der Waals surface area (Å²) in [5.74, 6) is -4.33. The molecule has 244 valence electrons. The van der Waals surface area contributed by atoms with Gasteiger partial charge in [0.05, 0.1) is 22.0 Å². The number of anilines is 1. The number of fused-ring (bicyclic) bond motifs is 2. The molecular formula is C27H19ClF7N5O5S. The van der Waals surface area contributed by atoms with E-state index in [0.29, 0.717) is 17.4 Å². The van der Waals surface area contributed by atoms with Crippen molar-refractivity contribution < 1.29 is 54.9 Å². The highest BCUT2D eigenvalue weighted by molar-refractivity contribution is 7.22. The largest absolute Gasteiger partial charge is 0.573 e. The van der Waals surface area contributed by atoms with Crippen molar-refractivity contribution in [3.05, 3.63) is 64.1 Å². The predicted octanol–water partition coefficient (Wildman–Crippen LogP) is 4.95. The molecule has 3 heterocycles. The number of thiazole rings is 1. The number of amides is 2. The van der Waals surface area contributed by atoms with Crippen molar-refractivity contribution in [3.63, 3.8) is 0 Å². The molecule has 2 aromatic carbocycles. The number of aromatic nitrogens is 2. The van der Waals surface area contributed by atoms with Gasteiger partial charge in [-0.2, -0.15) is 13.2 Å². The van der Waals surface area contributed by atoms with E-state index >= 15 is 0 Å². The number of nitrogens with two attached hydrogens (primary N) is 2. The van der Waals surface area contributed by atoms with Crippen molar-refractivity contribution in [3.8, 4) is 22.8 Å². The van der Waals surface area contributed by atoms with Crippen LogP contribution in [0.2, 0.25) is 5.02 Å². The molecule has 0 spiro atoms. The second kappa shape index (κ2) is 11.1. The van der Waals surface area contributed by atoms with Gasteiger partial charge in [0.15, 0.2) is 10.9 Å². The van der Waals surface area contributed by atoms with Crippen LogP contribution in [0, 0.1) is 5.82 Å². The SMILES string of the molecule is C[C@]1(C(N)=O)COc2c1cc([C@@](O)(CNC(=O)c1cc(OC(F)(F)F)c3nc(N)sc3c1)C(F)(F)F)nc2-c1ccc(F)c(Cl)c1. The van der Waals surface area contributed by atoms with Crippen molar-refractivity contribution >= 4 is 50.1 Å². The summed E-state index contributed by atoms with van der Waals surface area (Å²) in [5, 5.41) is 12.4. The summed E-state index contributed by atoms with van der Waals surface area (Å²) in [7, 11) is 0. The summed E-state index contributed by atoms with van der Waals surface area (Å²) >= 11 is 6.56. The van der Waals surface area contributed by atoms with E-state index in [-0.39, 0.29) is 37.9 Å². The van der Waals surface area contributed by atoms with E-state index in [2.05, 4.69) is 14.7 Å². The molecule has 0 aliphatic carbocycles. The van der Waals surface area contributed by atoms with Crippen molar-refractivity contribution in [2.45, 2.75) is 30.5 Å². The van der Waals surface area contributed by atoms with Crippen LogP contribution >= 0.6 is 22.9 Å². The molecule has 46 heavy (non-hydrogen) atoms. The van der Waals surface area contributed by atoms with Crippen molar-refractivity contribution in [1.29, 1.82) is 0 Å². The lowest BCUT2D eigenvalue weighted by atomic mass is 9.81. The summed E-state index contributed by atoms with van der Waals surface area (Å²) in [6, 6.07) is 5.41. The smallest absolute Gasteiger partial charge is 0.489 e. The first-order valence-corrected chi connectivity index (χ1v) is 13.9. The van der Waals surface area contributed by atoms with Gasteiger partial charge in [0.25, 0.3) is 5.91 Å². The van der Waals surface area contributed by atoms with Gasteiger partial charge in [0.2, 0.25) is 11.5 Å². The molecule has 0 radical (unpaired) electrons. The molecule has 19 heteroatoms. The predicted molar refractivity (Wildman–Crippen MR) is 150 cm³/mol. The lowest BCUT2D eigenvalue weighted by Crippen LogP contribution is -2.51. The Morgan fingerprint density at radius 3 is 2.46 bits per heavy atom. The number of ether oxygens (including phenoxy) is 2. The lowest BCUT2D eigenvalue weighted by molar-refractivity contribution is -0.274. The zero-order valence-corrected chi connectivity index (χ0v) is 24.5. The number of hydrogen-bond donors (Lipinski definition) is 4. The van der Waals surface area contributed by atoms with Crippen LogP contribution in [0.3, 0.4) is 0 Å². The molecule has 0 fully saturated rings. The third-order valence-corrected chi connectivity index (χ3v) is 8.29. The number of carbonyl (C=O) groups is 2. The van der Waals surface area contributed by atoms with E-state index in [0.717, 1.165) is 30.3 Å². The minimum Gasteiger partial charge on any atom is -0.489 e. The first-order chi connectivity index (χ1) is 21.2. The topological polar surface area (TPSA) is 163 Å². The molecular weight excluding hydrogens is 675 g/mol. The normalized spacial score (nSPS) is 17.7. The van der Waals surface area contributed by atoms with Crippen molar-refractivity contribution in [1.82, 2.24) is 15.3 Å². The highest BCUT2D eigenvalue weighted by Gasteiger charge is 2.57. The Balaban J connectivity index is 1.59. The van der Waals surface area contributed by atoms with E-state index in [1.54, 1.807) is 0 Å². The van der Waals surface area contributed by atoms with Crippen LogP contribution in [0.15, 0.2) is 36.4 Å². The monoisotopic (exact) mass is 693 g/mol. The summed E-state index contributed by atoms with van der Waals surface area (Å²) < 4.78 is 106. The van der Waals surface area contributed by atoms with Crippen LogP contribution in [0.1, 0.15) is 28.5 Å². The fourth-order valence-electron chi connectivity index (χ4n) is 4.63. The van der Waals surface area contributed by atoms with Crippen molar-refractivity contribution in [2.24, 2.45) is 5.73 Å². The average molecular weight is 694 g/mol. The van der Waals surface area contributed by atoms with Gasteiger partial charge >= 0.3 is 12.5 Å². The molecule has 0 bridgehead atoms. The third kappa shape index (κ3) is 5.82. The molecule has 1 aliphatic heterocycles. The van der Waals surface area contributed by atoms with E-state index in [9.17, 15) is 45.4 Å². The molecule has 10 nitrogen and oxygen atoms in total. The maximum absolute atomic E-state index is 14.7. The molecule has 2 atom stereocenters. The van der Waals surface area contributed by atoms with Gasteiger partial charge in [0, 0.05) is 16.7 Å². The first kappa shape index (κ1) is 33.0. The van der Waals surface area contributed by atoms with E-state index in [4.69, 9.17) is 27.8 Å². The molecule has 1 aliphatic rings. The second-order valence-corrected chi connectivity index (χ2v) is 11.8. The third-order valence-electron chi connectivity index (χ3n) is 7.17. The van der Waals surface area contributed by atoms with Crippen LogP contribution in [0.4, 0.5) is 35.9 Å². The fraction of sp³-hybridized carbons (Fsp3) is 0.259. The molecule has 2 aromatic heterocycles. The number of nitrogens with zero attached hydrogens (tertiary/aromatic N) is 2. The Morgan fingerprint density at radius 1 is 1.15 bits per heavy atom. The number of aliphatic hydroxyl groups is 1. The summed E-state index contributed by atoms with van der Waals surface area (Å²) in [6.45, 7) is -0.750. The number of benzene rings is 2. The Bertz CT molecular complexity index is 1900. The molecule has 4 aromatic rings. The number of hydrogen-bond acceptors (Lipinski definition) is 9. The highest BCUT2D eigenvalue weighted by atomic mass is 35.5. The minimum absolute atomic E-state index is 0.0518. The van der Waals surface area contributed by atoms with E-state index in [1.165, 1.54) is 6.92 Å². The number of rotatable bonds is 7. The molecule has 0 saturated heterocycles. The Labute approximate surface area is 262 Å². The summed E-state index contributed by atoms with van der Waals surface area (Å²) in [5.41, 5.74) is 2.75. The minimum atomic E-state index is -5.55. The van der Waals surface area contributed by atoms with E-state index < -0.39 is 76.4 Å². The van der Waals surface area contributed by atoms with E-state index in [1.807, 2.05) is 5.32 Å².